The summed E-state index contributed by atoms with van der Waals surface area (Å²) in [4.78, 5) is 12.4. The summed E-state index contributed by atoms with van der Waals surface area (Å²) in [5, 5.41) is 9.77. The van der Waals surface area contributed by atoms with Crippen molar-refractivity contribution in [1.82, 2.24) is 10.2 Å². The number of anilines is 1. The number of H-pyrrole nitrogens is 1. The molecule has 0 aliphatic carbocycles. The maximum absolute atomic E-state index is 13.3. The summed E-state index contributed by atoms with van der Waals surface area (Å²) in [6.07, 6.45) is 1.30. The molecular weight excluding hydrogens is 352 g/mol. The highest BCUT2D eigenvalue weighted by atomic mass is 19.1. The number of nitrogens with one attached hydrogen (secondary N) is 2. The zero-order valence-electron chi connectivity index (χ0n) is 15.0. The third kappa shape index (κ3) is 4.49. The van der Waals surface area contributed by atoms with E-state index < -0.39 is 17.5 Å². The van der Waals surface area contributed by atoms with Crippen LogP contribution < -0.4 is 10.1 Å². The molecule has 2 aromatic carbocycles. The van der Waals surface area contributed by atoms with Crippen molar-refractivity contribution in [3.63, 3.8) is 0 Å². The van der Waals surface area contributed by atoms with Gasteiger partial charge in [-0.05, 0) is 49.6 Å². The number of rotatable bonds is 6. The van der Waals surface area contributed by atoms with Crippen molar-refractivity contribution in [2.75, 3.05) is 12.4 Å². The van der Waals surface area contributed by atoms with Crippen LogP contribution in [0.2, 0.25) is 0 Å². The largest absolute Gasteiger partial charge is 0.497 e. The summed E-state index contributed by atoms with van der Waals surface area (Å²) in [5.41, 5.74) is 2.88. The van der Waals surface area contributed by atoms with Crippen LogP contribution in [0.4, 0.5) is 14.5 Å². The van der Waals surface area contributed by atoms with Crippen LogP contribution >= 0.6 is 0 Å². The Labute approximate surface area is 155 Å². The minimum atomic E-state index is -0.802. The number of amides is 1. The number of halogens is 2. The van der Waals surface area contributed by atoms with E-state index in [1.165, 1.54) is 0 Å². The number of hydrogen-bond donors (Lipinski definition) is 2. The zero-order valence-corrected chi connectivity index (χ0v) is 15.0. The van der Waals surface area contributed by atoms with Crippen LogP contribution in [0.3, 0.4) is 0 Å². The highest BCUT2D eigenvalue weighted by Gasteiger charge is 2.16. The van der Waals surface area contributed by atoms with Gasteiger partial charge in [0.25, 0.3) is 5.91 Å². The standard InChI is InChI=1S/C20H19F2N3O2/c1-12-19(23-20(26)14-9-15(21)11-16(22)10-14)18(25-24-12)8-5-13-3-6-17(27-2)7-4-13/h3-4,6-7,9-11H,5,8H2,1-2H3,(H,23,26)(H,24,25). The Morgan fingerprint density at radius 3 is 2.41 bits per heavy atom. The molecule has 1 amide bonds. The maximum Gasteiger partial charge on any atom is 0.255 e. The molecule has 1 aromatic heterocycles. The number of hydrogen-bond acceptors (Lipinski definition) is 3. The highest BCUT2D eigenvalue weighted by Crippen LogP contribution is 2.21. The second-order valence-corrected chi connectivity index (χ2v) is 6.13. The minimum absolute atomic E-state index is 0.0887. The van der Waals surface area contributed by atoms with Crippen LogP contribution in [0.25, 0.3) is 0 Å². The van der Waals surface area contributed by atoms with E-state index in [0.29, 0.717) is 29.9 Å². The predicted molar refractivity (Wildman–Crippen MR) is 98.0 cm³/mol. The Balaban J connectivity index is 1.72. The molecule has 2 N–H and O–H groups in total. The molecule has 3 rings (SSSR count). The molecule has 0 aliphatic heterocycles. The fourth-order valence-corrected chi connectivity index (χ4v) is 2.75. The first-order valence-electron chi connectivity index (χ1n) is 8.40. The van der Waals surface area contributed by atoms with Crippen LogP contribution in [0.1, 0.15) is 27.3 Å². The molecule has 0 radical (unpaired) electrons. The van der Waals surface area contributed by atoms with Gasteiger partial charge in [-0.25, -0.2) is 8.78 Å². The Hall–Kier alpha value is -3.22. The Morgan fingerprint density at radius 2 is 1.78 bits per heavy atom. The van der Waals surface area contributed by atoms with Gasteiger partial charge in [0.1, 0.15) is 17.4 Å². The van der Waals surface area contributed by atoms with Crippen molar-refractivity contribution in [1.29, 1.82) is 0 Å². The van der Waals surface area contributed by atoms with E-state index in [1.807, 2.05) is 24.3 Å². The molecular formula is C20H19F2N3O2. The lowest BCUT2D eigenvalue weighted by atomic mass is 10.1. The SMILES string of the molecule is COc1ccc(CCc2n[nH]c(C)c2NC(=O)c2cc(F)cc(F)c2)cc1. The third-order valence-corrected chi connectivity index (χ3v) is 4.19. The van der Waals surface area contributed by atoms with Gasteiger partial charge in [0.15, 0.2) is 0 Å². The molecule has 27 heavy (non-hydrogen) atoms. The Kier molecular flexibility index (Phi) is 5.49. The first kappa shape index (κ1) is 18.6. The molecule has 3 aromatic rings. The van der Waals surface area contributed by atoms with Crippen LogP contribution in [0, 0.1) is 18.6 Å². The molecule has 0 unspecified atom stereocenters. The average molecular weight is 371 g/mol. The molecule has 140 valence electrons. The van der Waals surface area contributed by atoms with Gasteiger partial charge >= 0.3 is 0 Å². The number of benzene rings is 2. The van der Waals surface area contributed by atoms with Gasteiger partial charge in [-0.3, -0.25) is 9.89 Å². The van der Waals surface area contributed by atoms with Crippen LogP contribution in [0.15, 0.2) is 42.5 Å². The van der Waals surface area contributed by atoms with Crippen molar-refractivity contribution in [3.05, 3.63) is 76.6 Å². The number of methoxy groups -OCH3 is 1. The van der Waals surface area contributed by atoms with Crippen molar-refractivity contribution in [2.24, 2.45) is 0 Å². The van der Waals surface area contributed by atoms with Gasteiger partial charge in [-0.15, -0.1) is 0 Å². The van der Waals surface area contributed by atoms with E-state index in [9.17, 15) is 13.6 Å². The summed E-state index contributed by atoms with van der Waals surface area (Å²) in [7, 11) is 1.61. The van der Waals surface area contributed by atoms with E-state index >= 15 is 0 Å². The van der Waals surface area contributed by atoms with Crippen LogP contribution in [0.5, 0.6) is 5.75 Å². The molecule has 0 bridgehead atoms. The normalized spacial score (nSPS) is 10.7. The number of aromatic nitrogens is 2. The molecule has 0 saturated heterocycles. The third-order valence-electron chi connectivity index (χ3n) is 4.19. The fourth-order valence-electron chi connectivity index (χ4n) is 2.75. The van der Waals surface area contributed by atoms with Gasteiger partial charge in [-0.2, -0.15) is 5.10 Å². The van der Waals surface area contributed by atoms with Crippen molar-refractivity contribution in [3.8, 4) is 5.75 Å². The number of carbonyl (C=O) groups is 1. The molecule has 7 heteroatoms. The van der Waals surface area contributed by atoms with E-state index in [1.54, 1.807) is 14.0 Å². The molecule has 5 nitrogen and oxygen atoms in total. The quantitative estimate of drug-likeness (QED) is 0.687. The van der Waals surface area contributed by atoms with Crippen LogP contribution in [-0.4, -0.2) is 23.2 Å². The monoisotopic (exact) mass is 371 g/mol. The van der Waals surface area contributed by atoms with Gasteiger partial charge in [0.2, 0.25) is 0 Å². The lowest BCUT2D eigenvalue weighted by Crippen LogP contribution is -2.14. The molecule has 0 spiro atoms. The zero-order chi connectivity index (χ0) is 19.4. The molecule has 0 aliphatic rings. The number of nitrogens with zero attached hydrogens (tertiary/aromatic N) is 1. The smallest absolute Gasteiger partial charge is 0.255 e. The number of aryl methyl sites for hydroxylation is 3. The molecule has 1 heterocycles. The van der Waals surface area contributed by atoms with Gasteiger partial charge in [-0.1, -0.05) is 12.1 Å². The summed E-state index contributed by atoms with van der Waals surface area (Å²) in [6, 6.07) is 10.4. The first-order valence-corrected chi connectivity index (χ1v) is 8.40. The van der Waals surface area contributed by atoms with Gasteiger partial charge in [0.05, 0.1) is 24.2 Å². The molecule has 0 saturated carbocycles. The van der Waals surface area contributed by atoms with E-state index in [-0.39, 0.29) is 5.56 Å². The lowest BCUT2D eigenvalue weighted by molar-refractivity contribution is 0.102. The topological polar surface area (TPSA) is 67.0 Å². The van der Waals surface area contributed by atoms with E-state index in [0.717, 1.165) is 29.5 Å². The van der Waals surface area contributed by atoms with Gasteiger partial charge < -0.3 is 10.1 Å². The Morgan fingerprint density at radius 1 is 1.11 bits per heavy atom. The highest BCUT2D eigenvalue weighted by molar-refractivity contribution is 6.04. The summed E-state index contributed by atoms with van der Waals surface area (Å²) < 4.78 is 31.8. The average Bonchev–Trinajstić information content (AvgIpc) is 2.99. The summed E-state index contributed by atoms with van der Waals surface area (Å²) >= 11 is 0. The summed E-state index contributed by atoms with van der Waals surface area (Å²) in [5.74, 6) is -1.42. The predicted octanol–water partition coefficient (Wildman–Crippen LogP) is 4.04. The van der Waals surface area contributed by atoms with Crippen molar-refractivity contribution < 1.29 is 18.3 Å². The second kappa shape index (κ2) is 7.99. The molecule has 0 fully saturated rings. The van der Waals surface area contributed by atoms with E-state index in [2.05, 4.69) is 15.5 Å². The first-order chi connectivity index (χ1) is 13.0. The second-order valence-electron chi connectivity index (χ2n) is 6.13. The lowest BCUT2D eigenvalue weighted by Gasteiger charge is -2.08. The Bertz CT molecular complexity index is 932. The maximum atomic E-state index is 13.3. The number of aromatic amines is 1. The number of carbonyl (C=O) groups excluding carboxylic acids is 1. The van der Waals surface area contributed by atoms with E-state index in [4.69, 9.17) is 4.74 Å². The van der Waals surface area contributed by atoms with Crippen LogP contribution in [-0.2, 0) is 12.8 Å². The van der Waals surface area contributed by atoms with Crippen molar-refractivity contribution in [2.45, 2.75) is 19.8 Å². The van der Waals surface area contributed by atoms with Crippen molar-refractivity contribution >= 4 is 11.6 Å². The van der Waals surface area contributed by atoms with Gasteiger partial charge in [0, 0.05) is 11.6 Å². The summed E-state index contributed by atoms with van der Waals surface area (Å²) in [6.45, 7) is 1.77. The molecule has 0 atom stereocenters. The number of ether oxygens (including phenoxy) is 1. The minimum Gasteiger partial charge on any atom is -0.497 e. The fraction of sp³-hybridized carbons (Fsp3) is 0.200.